The number of benzene rings is 2. The van der Waals surface area contributed by atoms with Crippen molar-refractivity contribution in [3.63, 3.8) is 0 Å². The van der Waals surface area contributed by atoms with Crippen LogP contribution >= 0.6 is 11.3 Å². The normalized spacial score (nSPS) is 12.3. The van der Waals surface area contributed by atoms with Gasteiger partial charge in [0, 0.05) is 23.5 Å². The highest BCUT2D eigenvalue weighted by molar-refractivity contribution is 7.13. The number of methoxy groups -OCH3 is 1. The molecule has 0 saturated carbocycles. The quantitative estimate of drug-likeness (QED) is 0.590. The van der Waals surface area contributed by atoms with Crippen molar-refractivity contribution in [3.05, 3.63) is 70.7 Å². The minimum absolute atomic E-state index is 0.283. The molecule has 1 aromatic heterocycles. The van der Waals surface area contributed by atoms with Gasteiger partial charge in [0.1, 0.15) is 10.8 Å². The Bertz CT molecular complexity index is 822. The average Bonchev–Trinajstić information content (AvgIpc) is 3.12. The smallest absolute Gasteiger partial charge is 0.123 e. The minimum atomic E-state index is 0.283. The van der Waals surface area contributed by atoms with E-state index in [2.05, 4.69) is 67.9 Å². The van der Waals surface area contributed by atoms with E-state index in [1.807, 2.05) is 12.1 Å². The van der Waals surface area contributed by atoms with E-state index in [4.69, 9.17) is 9.72 Å². The van der Waals surface area contributed by atoms with Gasteiger partial charge in [-0.15, -0.1) is 11.3 Å². The maximum atomic E-state index is 5.26. The Morgan fingerprint density at radius 3 is 2.35 bits per heavy atom. The lowest BCUT2D eigenvalue weighted by molar-refractivity contribution is 0.403. The molecule has 3 nitrogen and oxygen atoms in total. The first-order valence-electron chi connectivity index (χ1n) is 8.95. The number of ether oxygens (including phenoxy) is 1. The number of aryl methyl sites for hydroxylation is 1. The van der Waals surface area contributed by atoms with Crippen LogP contribution in [0, 0.1) is 12.8 Å². The molecule has 1 unspecified atom stereocenters. The second-order valence-electron chi connectivity index (χ2n) is 6.89. The van der Waals surface area contributed by atoms with Crippen LogP contribution in [-0.2, 0) is 6.54 Å². The van der Waals surface area contributed by atoms with Crippen molar-refractivity contribution in [2.24, 2.45) is 5.92 Å². The molecule has 0 saturated heterocycles. The molecule has 0 aliphatic carbocycles. The van der Waals surface area contributed by atoms with Gasteiger partial charge in [0.15, 0.2) is 0 Å². The standard InChI is InChI=1S/C22H26N2OS/c1-15(2)21(17-9-11-20(25-4)12-10-17)23-13-19-14-26-22(24-19)18-7-5-16(3)6-8-18/h5-12,14-15,21,23H,13H2,1-4H3. The van der Waals surface area contributed by atoms with Crippen molar-refractivity contribution in [3.8, 4) is 16.3 Å². The highest BCUT2D eigenvalue weighted by Gasteiger charge is 2.16. The fourth-order valence-corrected chi connectivity index (χ4v) is 3.81. The van der Waals surface area contributed by atoms with E-state index in [0.29, 0.717) is 5.92 Å². The third-order valence-corrected chi connectivity index (χ3v) is 5.44. The number of hydrogen-bond acceptors (Lipinski definition) is 4. The molecule has 0 aliphatic rings. The molecule has 136 valence electrons. The van der Waals surface area contributed by atoms with Gasteiger partial charge < -0.3 is 10.1 Å². The summed E-state index contributed by atoms with van der Waals surface area (Å²) in [5.41, 5.74) is 4.81. The maximum absolute atomic E-state index is 5.26. The summed E-state index contributed by atoms with van der Waals surface area (Å²) < 4.78 is 5.26. The van der Waals surface area contributed by atoms with Crippen molar-refractivity contribution < 1.29 is 4.74 Å². The zero-order chi connectivity index (χ0) is 18.5. The van der Waals surface area contributed by atoms with Gasteiger partial charge in [-0.05, 0) is 30.5 Å². The summed E-state index contributed by atoms with van der Waals surface area (Å²) in [6.45, 7) is 7.34. The first-order chi connectivity index (χ1) is 12.6. The summed E-state index contributed by atoms with van der Waals surface area (Å²) in [7, 11) is 1.70. The molecule has 3 rings (SSSR count). The van der Waals surface area contributed by atoms with Crippen LogP contribution in [-0.4, -0.2) is 12.1 Å². The lowest BCUT2D eigenvalue weighted by atomic mass is 9.96. The van der Waals surface area contributed by atoms with Crippen molar-refractivity contribution in [2.75, 3.05) is 7.11 Å². The van der Waals surface area contributed by atoms with Gasteiger partial charge in [-0.2, -0.15) is 0 Å². The number of thiazole rings is 1. The van der Waals surface area contributed by atoms with Crippen LogP contribution in [0.3, 0.4) is 0 Å². The largest absolute Gasteiger partial charge is 0.497 e. The molecule has 0 spiro atoms. The Hall–Kier alpha value is -2.17. The summed E-state index contributed by atoms with van der Waals surface area (Å²) >= 11 is 1.70. The van der Waals surface area contributed by atoms with Gasteiger partial charge in [-0.3, -0.25) is 0 Å². The van der Waals surface area contributed by atoms with Crippen LogP contribution in [0.25, 0.3) is 10.6 Å². The number of nitrogens with zero attached hydrogens (tertiary/aromatic N) is 1. The van der Waals surface area contributed by atoms with Crippen LogP contribution < -0.4 is 10.1 Å². The molecule has 1 heterocycles. The zero-order valence-corrected chi connectivity index (χ0v) is 16.6. The third kappa shape index (κ3) is 4.51. The highest BCUT2D eigenvalue weighted by atomic mass is 32.1. The second-order valence-corrected chi connectivity index (χ2v) is 7.74. The summed E-state index contributed by atoms with van der Waals surface area (Å²) in [5, 5.41) is 6.89. The van der Waals surface area contributed by atoms with Gasteiger partial charge in [0.2, 0.25) is 0 Å². The molecule has 26 heavy (non-hydrogen) atoms. The first-order valence-corrected chi connectivity index (χ1v) is 9.83. The van der Waals surface area contributed by atoms with Crippen molar-refractivity contribution >= 4 is 11.3 Å². The molecule has 0 fully saturated rings. The van der Waals surface area contributed by atoms with E-state index in [1.54, 1.807) is 18.4 Å². The first kappa shape index (κ1) is 18.6. The lowest BCUT2D eigenvalue weighted by Gasteiger charge is -2.23. The monoisotopic (exact) mass is 366 g/mol. The Labute approximate surface area is 160 Å². The van der Waals surface area contributed by atoms with Crippen molar-refractivity contribution in [1.29, 1.82) is 0 Å². The molecule has 0 amide bonds. The molecule has 0 bridgehead atoms. The fourth-order valence-electron chi connectivity index (χ4n) is 2.98. The molecule has 1 atom stereocenters. The minimum Gasteiger partial charge on any atom is -0.497 e. The van der Waals surface area contributed by atoms with Crippen molar-refractivity contribution in [2.45, 2.75) is 33.4 Å². The predicted octanol–water partition coefficient (Wildman–Crippen LogP) is 5.61. The predicted molar refractivity (Wildman–Crippen MR) is 110 cm³/mol. The lowest BCUT2D eigenvalue weighted by Crippen LogP contribution is -2.25. The molecule has 0 aliphatic heterocycles. The van der Waals surface area contributed by atoms with Crippen LogP contribution in [0.15, 0.2) is 53.9 Å². The van der Waals surface area contributed by atoms with Gasteiger partial charge in [-0.1, -0.05) is 55.8 Å². The summed E-state index contributed by atoms with van der Waals surface area (Å²) in [5.74, 6) is 1.37. The number of rotatable bonds is 7. The van der Waals surface area contributed by atoms with Gasteiger partial charge in [-0.25, -0.2) is 4.98 Å². The number of aromatic nitrogens is 1. The molecule has 2 aromatic carbocycles. The summed E-state index contributed by atoms with van der Waals surface area (Å²) in [4.78, 5) is 4.80. The van der Waals surface area contributed by atoms with Gasteiger partial charge >= 0.3 is 0 Å². The highest BCUT2D eigenvalue weighted by Crippen LogP contribution is 2.26. The Morgan fingerprint density at radius 1 is 1.04 bits per heavy atom. The maximum Gasteiger partial charge on any atom is 0.123 e. The van der Waals surface area contributed by atoms with Gasteiger partial charge in [0.05, 0.1) is 12.8 Å². The molecule has 1 N–H and O–H groups in total. The zero-order valence-electron chi connectivity index (χ0n) is 15.8. The van der Waals surface area contributed by atoms with Crippen LogP contribution in [0.1, 0.15) is 36.7 Å². The van der Waals surface area contributed by atoms with E-state index in [-0.39, 0.29) is 6.04 Å². The van der Waals surface area contributed by atoms with E-state index < -0.39 is 0 Å². The van der Waals surface area contributed by atoms with E-state index >= 15 is 0 Å². The number of hydrogen-bond donors (Lipinski definition) is 1. The Balaban J connectivity index is 1.68. The molecular formula is C22H26N2OS. The van der Waals surface area contributed by atoms with Crippen LogP contribution in [0.4, 0.5) is 0 Å². The Morgan fingerprint density at radius 2 is 1.73 bits per heavy atom. The molecule has 0 radical (unpaired) electrons. The van der Waals surface area contributed by atoms with E-state index in [9.17, 15) is 0 Å². The topological polar surface area (TPSA) is 34.1 Å². The van der Waals surface area contributed by atoms with E-state index in [1.165, 1.54) is 16.7 Å². The van der Waals surface area contributed by atoms with Gasteiger partial charge in [0.25, 0.3) is 0 Å². The number of nitrogens with one attached hydrogen (secondary N) is 1. The molecule has 4 heteroatoms. The summed E-state index contributed by atoms with van der Waals surface area (Å²) in [6.07, 6.45) is 0. The molecular weight excluding hydrogens is 340 g/mol. The average molecular weight is 367 g/mol. The second kappa shape index (κ2) is 8.47. The van der Waals surface area contributed by atoms with Crippen LogP contribution in [0.5, 0.6) is 5.75 Å². The fraction of sp³-hybridized carbons (Fsp3) is 0.318. The molecule has 3 aromatic rings. The van der Waals surface area contributed by atoms with E-state index in [0.717, 1.165) is 23.0 Å². The Kier molecular flexibility index (Phi) is 6.07. The third-order valence-electron chi connectivity index (χ3n) is 4.49. The summed E-state index contributed by atoms with van der Waals surface area (Å²) in [6, 6.07) is 17.1. The SMILES string of the molecule is COc1ccc(C(NCc2csc(-c3ccc(C)cc3)n2)C(C)C)cc1. The van der Waals surface area contributed by atoms with Crippen molar-refractivity contribution in [1.82, 2.24) is 10.3 Å². The van der Waals surface area contributed by atoms with Crippen LogP contribution in [0.2, 0.25) is 0 Å².